The maximum atomic E-state index is 12.1. The SMILES string of the molecule is Cc1nn(CCNC(=O)c2ccc(N(C)C)cc2)c(C)c1C. The molecular weight excluding hydrogens is 276 g/mol. The number of hydrogen-bond donors (Lipinski definition) is 1. The molecule has 0 saturated heterocycles. The summed E-state index contributed by atoms with van der Waals surface area (Å²) in [5.41, 5.74) is 5.17. The van der Waals surface area contributed by atoms with Crippen LogP contribution in [0.3, 0.4) is 0 Å². The van der Waals surface area contributed by atoms with Crippen molar-refractivity contribution in [2.45, 2.75) is 27.3 Å². The Kier molecular flexibility index (Phi) is 4.85. The van der Waals surface area contributed by atoms with Crippen LogP contribution in [-0.2, 0) is 6.54 Å². The molecule has 5 heteroatoms. The van der Waals surface area contributed by atoms with Crippen LogP contribution in [0.25, 0.3) is 0 Å². The Balaban J connectivity index is 1.91. The van der Waals surface area contributed by atoms with E-state index in [2.05, 4.69) is 24.3 Å². The number of hydrogen-bond acceptors (Lipinski definition) is 3. The molecule has 0 unspecified atom stereocenters. The monoisotopic (exact) mass is 300 g/mol. The van der Waals surface area contributed by atoms with Gasteiger partial charge in [-0.2, -0.15) is 5.10 Å². The number of nitrogens with zero attached hydrogens (tertiary/aromatic N) is 3. The summed E-state index contributed by atoms with van der Waals surface area (Å²) < 4.78 is 1.94. The van der Waals surface area contributed by atoms with Gasteiger partial charge in [-0.25, -0.2) is 0 Å². The molecule has 0 atom stereocenters. The highest BCUT2D eigenvalue weighted by atomic mass is 16.1. The first-order valence-corrected chi connectivity index (χ1v) is 7.46. The summed E-state index contributed by atoms with van der Waals surface area (Å²) in [5, 5.41) is 7.41. The largest absolute Gasteiger partial charge is 0.378 e. The Bertz CT molecular complexity index is 656. The van der Waals surface area contributed by atoms with Crippen molar-refractivity contribution in [3.63, 3.8) is 0 Å². The van der Waals surface area contributed by atoms with Gasteiger partial charge in [0.05, 0.1) is 12.2 Å². The van der Waals surface area contributed by atoms with Crippen molar-refractivity contribution < 1.29 is 4.79 Å². The van der Waals surface area contributed by atoms with Crippen LogP contribution in [0.15, 0.2) is 24.3 Å². The maximum absolute atomic E-state index is 12.1. The van der Waals surface area contributed by atoms with Crippen LogP contribution in [0, 0.1) is 20.8 Å². The van der Waals surface area contributed by atoms with E-state index in [0.717, 1.165) is 17.1 Å². The molecule has 2 rings (SSSR count). The Morgan fingerprint density at radius 2 is 1.82 bits per heavy atom. The summed E-state index contributed by atoms with van der Waals surface area (Å²) in [6.45, 7) is 7.37. The summed E-state index contributed by atoms with van der Waals surface area (Å²) in [4.78, 5) is 14.1. The molecule has 1 aromatic carbocycles. The molecule has 22 heavy (non-hydrogen) atoms. The van der Waals surface area contributed by atoms with Crippen molar-refractivity contribution in [3.05, 3.63) is 46.8 Å². The predicted molar refractivity (Wildman–Crippen MR) is 89.5 cm³/mol. The number of nitrogens with one attached hydrogen (secondary N) is 1. The van der Waals surface area contributed by atoms with Gasteiger partial charge in [-0.1, -0.05) is 0 Å². The fourth-order valence-corrected chi connectivity index (χ4v) is 2.29. The molecule has 2 aromatic rings. The van der Waals surface area contributed by atoms with Crippen LogP contribution in [0.2, 0.25) is 0 Å². The van der Waals surface area contributed by atoms with E-state index < -0.39 is 0 Å². The molecule has 1 heterocycles. The Labute approximate surface area is 131 Å². The van der Waals surface area contributed by atoms with Crippen LogP contribution in [0.4, 0.5) is 5.69 Å². The summed E-state index contributed by atoms with van der Waals surface area (Å²) in [7, 11) is 3.96. The lowest BCUT2D eigenvalue weighted by atomic mass is 10.2. The summed E-state index contributed by atoms with van der Waals surface area (Å²) >= 11 is 0. The third-order valence-corrected chi connectivity index (χ3v) is 4.00. The minimum Gasteiger partial charge on any atom is -0.378 e. The second kappa shape index (κ2) is 6.64. The zero-order valence-electron chi connectivity index (χ0n) is 14.0. The van der Waals surface area contributed by atoms with Gasteiger partial charge in [0, 0.05) is 37.6 Å². The Morgan fingerprint density at radius 3 is 2.32 bits per heavy atom. The van der Waals surface area contributed by atoms with Crippen LogP contribution < -0.4 is 10.2 Å². The smallest absolute Gasteiger partial charge is 0.251 e. The second-order valence-corrected chi connectivity index (χ2v) is 5.72. The molecular formula is C17H24N4O. The summed E-state index contributed by atoms with van der Waals surface area (Å²) in [6.07, 6.45) is 0. The van der Waals surface area contributed by atoms with Gasteiger partial charge < -0.3 is 10.2 Å². The van der Waals surface area contributed by atoms with Gasteiger partial charge >= 0.3 is 0 Å². The lowest BCUT2D eigenvalue weighted by Gasteiger charge is -2.12. The van der Waals surface area contributed by atoms with E-state index in [9.17, 15) is 4.79 Å². The highest BCUT2D eigenvalue weighted by Crippen LogP contribution is 2.12. The number of rotatable bonds is 5. The lowest BCUT2D eigenvalue weighted by molar-refractivity contribution is 0.0952. The standard InChI is InChI=1S/C17H24N4O/c1-12-13(2)19-21(14(12)3)11-10-18-17(22)15-6-8-16(9-7-15)20(4)5/h6-9H,10-11H2,1-5H3,(H,18,22). The minimum absolute atomic E-state index is 0.0523. The number of carbonyl (C=O) groups is 1. The molecule has 1 aromatic heterocycles. The Hall–Kier alpha value is -2.30. The van der Waals surface area contributed by atoms with E-state index in [4.69, 9.17) is 0 Å². The third-order valence-electron chi connectivity index (χ3n) is 4.00. The normalized spacial score (nSPS) is 10.6. The molecule has 0 radical (unpaired) electrons. The molecule has 5 nitrogen and oxygen atoms in total. The lowest BCUT2D eigenvalue weighted by Crippen LogP contribution is -2.27. The van der Waals surface area contributed by atoms with Crippen molar-refractivity contribution in [1.82, 2.24) is 15.1 Å². The number of aryl methyl sites for hydroxylation is 1. The quantitative estimate of drug-likeness (QED) is 0.922. The number of anilines is 1. The molecule has 0 saturated carbocycles. The molecule has 0 bridgehead atoms. The van der Waals surface area contributed by atoms with E-state index in [1.165, 1.54) is 5.56 Å². The molecule has 0 aliphatic heterocycles. The number of carbonyl (C=O) groups excluding carboxylic acids is 1. The van der Waals surface area contributed by atoms with Crippen LogP contribution in [-0.4, -0.2) is 36.3 Å². The zero-order chi connectivity index (χ0) is 16.3. The second-order valence-electron chi connectivity index (χ2n) is 5.72. The van der Waals surface area contributed by atoms with Crippen molar-refractivity contribution >= 4 is 11.6 Å². The van der Waals surface area contributed by atoms with Gasteiger partial charge in [0.25, 0.3) is 5.91 Å². The Morgan fingerprint density at radius 1 is 1.18 bits per heavy atom. The van der Waals surface area contributed by atoms with Crippen LogP contribution in [0.1, 0.15) is 27.3 Å². The van der Waals surface area contributed by atoms with E-state index in [1.54, 1.807) is 0 Å². The predicted octanol–water partition coefficient (Wildman–Crippen LogP) is 2.30. The molecule has 118 valence electrons. The molecule has 1 N–H and O–H groups in total. The van der Waals surface area contributed by atoms with E-state index in [1.807, 2.05) is 54.9 Å². The van der Waals surface area contributed by atoms with Gasteiger partial charge in [-0.05, 0) is 50.6 Å². The van der Waals surface area contributed by atoms with Crippen molar-refractivity contribution in [2.24, 2.45) is 0 Å². The first-order valence-electron chi connectivity index (χ1n) is 7.46. The van der Waals surface area contributed by atoms with Crippen molar-refractivity contribution in [1.29, 1.82) is 0 Å². The van der Waals surface area contributed by atoms with Gasteiger partial charge in [-0.15, -0.1) is 0 Å². The first-order chi connectivity index (χ1) is 10.4. The molecule has 0 spiro atoms. The average molecular weight is 300 g/mol. The third kappa shape index (κ3) is 3.47. The number of benzene rings is 1. The van der Waals surface area contributed by atoms with Gasteiger partial charge in [0.1, 0.15) is 0 Å². The first kappa shape index (κ1) is 16.1. The van der Waals surface area contributed by atoms with Gasteiger partial charge in [0.2, 0.25) is 0 Å². The number of amides is 1. The van der Waals surface area contributed by atoms with Gasteiger partial charge in [-0.3, -0.25) is 9.48 Å². The van der Waals surface area contributed by atoms with Crippen LogP contribution >= 0.6 is 0 Å². The van der Waals surface area contributed by atoms with E-state index in [-0.39, 0.29) is 5.91 Å². The number of aromatic nitrogens is 2. The fraction of sp³-hybridized carbons (Fsp3) is 0.412. The average Bonchev–Trinajstić information content (AvgIpc) is 2.74. The van der Waals surface area contributed by atoms with Crippen molar-refractivity contribution in [3.8, 4) is 0 Å². The highest BCUT2D eigenvalue weighted by molar-refractivity contribution is 5.94. The molecule has 0 aliphatic carbocycles. The molecule has 0 fully saturated rings. The van der Waals surface area contributed by atoms with E-state index >= 15 is 0 Å². The van der Waals surface area contributed by atoms with Crippen LogP contribution in [0.5, 0.6) is 0 Å². The van der Waals surface area contributed by atoms with E-state index in [0.29, 0.717) is 18.7 Å². The highest BCUT2D eigenvalue weighted by Gasteiger charge is 2.08. The maximum Gasteiger partial charge on any atom is 0.251 e. The molecule has 0 aliphatic rings. The fourth-order valence-electron chi connectivity index (χ4n) is 2.29. The van der Waals surface area contributed by atoms with Crippen molar-refractivity contribution in [2.75, 3.05) is 25.5 Å². The summed E-state index contributed by atoms with van der Waals surface area (Å²) in [5.74, 6) is -0.0523. The summed E-state index contributed by atoms with van der Waals surface area (Å²) in [6, 6.07) is 7.58. The van der Waals surface area contributed by atoms with Gasteiger partial charge in [0.15, 0.2) is 0 Å². The minimum atomic E-state index is -0.0523. The topological polar surface area (TPSA) is 50.2 Å². The molecule has 1 amide bonds. The zero-order valence-corrected chi connectivity index (χ0v) is 14.0.